The minimum absolute atomic E-state index is 0.797. The smallest absolute Gasteiger partial charge is 0.138 e. The second-order valence-electron chi connectivity index (χ2n) is 4.30. The van der Waals surface area contributed by atoms with Gasteiger partial charge in [0.2, 0.25) is 0 Å². The van der Waals surface area contributed by atoms with E-state index in [4.69, 9.17) is 0 Å². The topological polar surface area (TPSA) is 42.7 Å². The van der Waals surface area contributed by atoms with Gasteiger partial charge in [-0.2, -0.15) is 5.10 Å². The summed E-state index contributed by atoms with van der Waals surface area (Å²) >= 11 is 0. The maximum Gasteiger partial charge on any atom is 0.138 e. The van der Waals surface area contributed by atoms with Crippen LogP contribution in [0.4, 0.5) is 0 Å². The number of rotatable bonds is 4. The van der Waals surface area contributed by atoms with Crippen molar-refractivity contribution in [1.82, 2.24) is 20.1 Å². The van der Waals surface area contributed by atoms with E-state index in [1.807, 2.05) is 0 Å². The lowest BCUT2D eigenvalue weighted by Crippen LogP contribution is -2.29. The SMILES string of the molecule is CCCn1ncnc1CC1CCNCC1. The van der Waals surface area contributed by atoms with Crippen molar-refractivity contribution in [3.8, 4) is 0 Å². The van der Waals surface area contributed by atoms with Crippen LogP contribution in [0.15, 0.2) is 6.33 Å². The minimum Gasteiger partial charge on any atom is -0.317 e. The molecule has 2 rings (SSSR count). The van der Waals surface area contributed by atoms with Crippen LogP contribution >= 0.6 is 0 Å². The summed E-state index contributed by atoms with van der Waals surface area (Å²) in [5.74, 6) is 1.97. The van der Waals surface area contributed by atoms with Crippen LogP contribution in [0.25, 0.3) is 0 Å². The predicted molar refractivity (Wildman–Crippen MR) is 59.6 cm³/mol. The first-order valence-corrected chi connectivity index (χ1v) is 5.97. The van der Waals surface area contributed by atoms with Gasteiger partial charge in [0.15, 0.2) is 0 Å². The van der Waals surface area contributed by atoms with E-state index in [9.17, 15) is 0 Å². The summed E-state index contributed by atoms with van der Waals surface area (Å²) in [6.07, 6.45) is 6.47. The number of piperidine rings is 1. The Morgan fingerprint density at radius 2 is 2.27 bits per heavy atom. The van der Waals surface area contributed by atoms with Crippen LogP contribution < -0.4 is 5.32 Å². The van der Waals surface area contributed by atoms with Crippen molar-refractivity contribution >= 4 is 0 Å². The zero-order valence-electron chi connectivity index (χ0n) is 9.45. The van der Waals surface area contributed by atoms with E-state index in [0.29, 0.717) is 0 Å². The Morgan fingerprint density at radius 1 is 1.47 bits per heavy atom. The quantitative estimate of drug-likeness (QED) is 0.809. The van der Waals surface area contributed by atoms with Crippen molar-refractivity contribution in [2.24, 2.45) is 5.92 Å². The van der Waals surface area contributed by atoms with E-state index >= 15 is 0 Å². The lowest BCUT2D eigenvalue weighted by molar-refractivity contribution is 0.360. The molecule has 0 radical (unpaired) electrons. The molecule has 1 fully saturated rings. The standard InChI is InChI=1S/C11H20N4/c1-2-7-15-11(13-9-14-15)8-10-3-5-12-6-4-10/h9-10,12H,2-8H2,1H3. The molecule has 4 heteroatoms. The van der Waals surface area contributed by atoms with Gasteiger partial charge in [-0.1, -0.05) is 6.92 Å². The molecule has 0 atom stereocenters. The number of aryl methyl sites for hydroxylation is 1. The van der Waals surface area contributed by atoms with E-state index in [2.05, 4.69) is 27.0 Å². The third kappa shape index (κ3) is 2.78. The molecule has 1 aromatic rings. The van der Waals surface area contributed by atoms with Crippen LogP contribution in [0.2, 0.25) is 0 Å². The van der Waals surface area contributed by atoms with Crippen molar-refractivity contribution in [1.29, 1.82) is 0 Å². The first-order chi connectivity index (χ1) is 7.40. The normalized spacial score (nSPS) is 18.2. The maximum absolute atomic E-state index is 4.36. The van der Waals surface area contributed by atoms with E-state index in [1.165, 1.54) is 18.7 Å². The van der Waals surface area contributed by atoms with Gasteiger partial charge in [-0.15, -0.1) is 0 Å². The number of hydrogen-bond donors (Lipinski definition) is 1. The van der Waals surface area contributed by atoms with Crippen molar-refractivity contribution in [2.45, 2.75) is 39.2 Å². The summed E-state index contributed by atoms with van der Waals surface area (Å²) in [5, 5.41) is 7.65. The highest BCUT2D eigenvalue weighted by atomic mass is 15.3. The summed E-state index contributed by atoms with van der Waals surface area (Å²) in [4.78, 5) is 4.36. The molecule has 0 aromatic carbocycles. The predicted octanol–water partition coefficient (Wildman–Crippen LogP) is 1.23. The fourth-order valence-corrected chi connectivity index (χ4v) is 2.19. The average molecular weight is 208 g/mol. The number of aromatic nitrogens is 3. The monoisotopic (exact) mass is 208 g/mol. The van der Waals surface area contributed by atoms with Gasteiger partial charge in [0.05, 0.1) is 0 Å². The molecular formula is C11H20N4. The summed E-state index contributed by atoms with van der Waals surface area (Å²) in [6.45, 7) is 5.50. The Hall–Kier alpha value is -0.900. The fraction of sp³-hybridized carbons (Fsp3) is 0.818. The number of hydrogen-bond acceptors (Lipinski definition) is 3. The Bertz CT molecular complexity index is 289. The molecular weight excluding hydrogens is 188 g/mol. The Morgan fingerprint density at radius 3 is 3.00 bits per heavy atom. The summed E-state index contributed by atoms with van der Waals surface area (Å²) in [7, 11) is 0. The van der Waals surface area contributed by atoms with Crippen LogP contribution in [0.3, 0.4) is 0 Å². The van der Waals surface area contributed by atoms with Gasteiger partial charge in [0, 0.05) is 13.0 Å². The van der Waals surface area contributed by atoms with E-state index in [1.54, 1.807) is 6.33 Å². The Kier molecular flexibility index (Phi) is 3.72. The van der Waals surface area contributed by atoms with E-state index in [0.717, 1.165) is 38.4 Å². The highest BCUT2D eigenvalue weighted by molar-refractivity contribution is 4.88. The molecule has 0 spiro atoms. The van der Waals surface area contributed by atoms with E-state index < -0.39 is 0 Å². The number of nitrogens with one attached hydrogen (secondary N) is 1. The molecule has 1 aliphatic rings. The average Bonchev–Trinajstić information content (AvgIpc) is 2.68. The van der Waals surface area contributed by atoms with Crippen LogP contribution in [-0.4, -0.2) is 27.9 Å². The molecule has 2 heterocycles. The van der Waals surface area contributed by atoms with Crippen LogP contribution in [-0.2, 0) is 13.0 Å². The second kappa shape index (κ2) is 5.26. The zero-order valence-corrected chi connectivity index (χ0v) is 9.45. The summed E-state index contributed by atoms with van der Waals surface area (Å²) in [6, 6.07) is 0. The van der Waals surface area contributed by atoms with Gasteiger partial charge in [0.1, 0.15) is 12.2 Å². The van der Waals surface area contributed by atoms with Gasteiger partial charge in [-0.05, 0) is 38.3 Å². The lowest BCUT2D eigenvalue weighted by atomic mass is 9.94. The third-order valence-corrected chi connectivity index (χ3v) is 3.06. The lowest BCUT2D eigenvalue weighted by Gasteiger charge is -2.22. The van der Waals surface area contributed by atoms with Crippen LogP contribution in [0.5, 0.6) is 0 Å². The molecule has 1 N–H and O–H groups in total. The summed E-state index contributed by atoms with van der Waals surface area (Å²) in [5.41, 5.74) is 0. The van der Waals surface area contributed by atoms with Gasteiger partial charge < -0.3 is 5.32 Å². The molecule has 0 unspecified atom stereocenters. The Labute approximate surface area is 91.1 Å². The van der Waals surface area contributed by atoms with Crippen molar-refractivity contribution in [2.75, 3.05) is 13.1 Å². The summed E-state index contributed by atoms with van der Waals surface area (Å²) < 4.78 is 2.06. The van der Waals surface area contributed by atoms with Gasteiger partial charge in [0.25, 0.3) is 0 Å². The van der Waals surface area contributed by atoms with Gasteiger partial charge in [-0.3, -0.25) is 4.68 Å². The molecule has 15 heavy (non-hydrogen) atoms. The third-order valence-electron chi connectivity index (χ3n) is 3.06. The molecule has 0 amide bonds. The van der Waals surface area contributed by atoms with Gasteiger partial charge >= 0.3 is 0 Å². The van der Waals surface area contributed by atoms with Crippen molar-refractivity contribution in [3.63, 3.8) is 0 Å². The Balaban J connectivity index is 1.93. The minimum atomic E-state index is 0.797. The molecule has 0 bridgehead atoms. The van der Waals surface area contributed by atoms with Crippen molar-refractivity contribution in [3.05, 3.63) is 12.2 Å². The van der Waals surface area contributed by atoms with Crippen LogP contribution in [0, 0.1) is 5.92 Å². The molecule has 1 aliphatic heterocycles. The zero-order chi connectivity index (χ0) is 10.5. The fourth-order valence-electron chi connectivity index (χ4n) is 2.19. The van der Waals surface area contributed by atoms with Crippen molar-refractivity contribution < 1.29 is 0 Å². The molecule has 0 saturated carbocycles. The van der Waals surface area contributed by atoms with Gasteiger partial charge in [-0.25, -0.2) is 4.98 Å². The number of nitrogens with zero attached hydrogens (tertiary/aromatic N) is 3. The highest BCUT2D eigenvalue weighted by Gasteiger charge is 2.16. The largest absolute Gasteiger partial charge is 0.317 e. The molecule has 1 saturated heterocycles. The second-order valence-corrected chi connectivity index (χ2v) is 4.30. The molecule has 0 aliphatic carbocycles. The van der Waals surface area contributed by atoms with Crippen LogP contribution in [0.1, 0.15) is 32.0 Å². The highest BCUT2D eigenvalue weighted by Crippen LogP contribution is 2.16. The molecule has 84 valence electrons. The van der Waals surface area contributed by atoms with E-state index in [-0.39, 0.29) is 0 Å². The molecule has 1 aromatic heterocycles. The first kappa shape index (κ1) is 10.6. The molecule has 4 nitrogen and oxygen atoms in total. The maximum atomic E-state index is 4.36. The first-order valence-electron chi connectivity index (χ1n) is 5.97.